The van der Waals surface area contributed by atoms with Crippen molar-refractivity contribution >= 4 is 0 Å². The van der Waals surface area contributed by atoms with Crippen LogP contribution in [0.3, 0.4) is 0 Å². The Labute approximate surface area is 89.1 Å². The smallest absolute Gasteiger partial charge is 0.124 e. The summed E-state index contributed by atoms with van der Waals surface area (Å²) in [6.45, 7) is 3.73. The molecule has 15 heavy (non-hydrogen) atoms. The molecule has 3 heteroatoms. The fourth-order valence-electron chi connectivity index (χ4n) is 2.16. The average Bonchev–Trinajstić information content (AvgIpc) is 2.66. The van der Waals surface area contributed by atoms with Gasteiger partial charge in [0.1, 0.15) is 11.6 Å². The monoisotopic (exact) mass is 209 g/mol. The molecule has 0 radical (unpaired) electrons. The zero-order chi connectivity index (χ0) is 10.8. The van der Waals surface area contributed by atoms with Gasteiger partial charge >= 0.3 is 0 Å². The van der Waals surface area contributed by atoms with Crippen molar-refractivity contribution in [1.82, 2.24) is 5.32 Å². The maximum absolute atomic E-state index is 13.2. The minimum absolute atomic E-state index is 0.253. The Hall–Kier alpha value is -1.09. The van der Waals surface area contributed by atoms with Crippen LogP contribution in [-0.4, -0.2) is 18.2 Å². The third-order valence-electron chi connectivity index (χ3n) is 3.02. The lowest BCUT2D eigenvalue weighted by atomic mass is 9.96. The van der Waals surface area contributed by atoms with Gasteiger partial charge in [0.05, 0.1) is 0 Å². The largest absolute Gasteiger partial charge is 0.507 e. The molecule has 1 aliphatic rings. The van der Waals surface area contributed by atoms with Gasteiger partial charge < -0.3 is 10.4 Å². The topological polar surface area (TPSA) is 32.3 Å². The van der Waals surface area contributed by atoms with E-state index in [2.05, 4.69) is 5.32 Å². The Bertz CT molecular complexity index is 359. The Balaban J connectivity index is 2.19. The average molecular weight is 209 g/mol. The fourth-order valence-corrected chi connectivity index (χ4v) is 2.16. The van der Waals surface area contributed by atoms with Crippen LogP contribution in [0.5, 0.6) is 5.75 Å². The number of phenols is 1. The minimum Gasteiger partial charge on any atom is -0.507 e. The molecule has 0 amide bonds. The number of halogens is 1. The summed E-state index contributed by atoms with van der Waals surface area (Å²) < 4.78 is 13.2. The van der Waals surface area contributed by atoms with E-state index in [1.54, 1.807) is 6.92 Å². The van der Waals surface area contributed by atoms with Gasteiger partial charge in [0.25, 0.3) is 0 Å². The van der Waals surface area contributed by atoms with Crippen LogP contribution in [0.25, 0.3) is 0 Å². The summed E-state index contributed by atoms with van der Waals surface area (Å²) in [7, 11) is 0. The molecule has 1 unspecified atom stereocenters. The first-order chi connectivity index (χ1) is 7.16. The summed E-state index contributed by atoms with van der Waals surface area (Å²) in [5.41, 5.74) is 1.36. The molecule has 1 aromatic carbocycles. The molecule has 2 N–H and O–H groups in total. The van der Waals surface area contributed by atoms with Crippen molar-refractivity contribution in [3.8, 4) is 5.75 Å². The van der Waals surface area contributed by atoms with E-state index in [9.17, 15) is 9.50 Å². The van der Waals surface area contributed by atoms with Crippen LogP contribution in [0.2, 0.25) is 0 Å². The molecular weight excluding hydrogens is 193 g/mol. The summed E-state index contributed by atoms with van der Waals surface area (Å²) >= 11 is 0. The maximum Gasteiger partial charge on any atom is 0.124 e. The Morgan fingerprint density at radius 1 is 1.53 bits per heavy atom. The van der Waals surface area contributed by atoms with Crippen LogP contribution in [0, 0.1) is 18.7 Å². The van der Waals surface area contributed by atoms with Crippen molar-refractivity contribution in [2.45, 2.75) is 19.8 Å². The van der Waals surface area contributed by atoms with E-state index in [1.165, 1.54) is 12.1 Å². The summed E-state index contributed by atoms with van der Waals surface area (Å²) in [6, 6.07) is 2.81. The summed E-state index contributed by atoms with van der Waals surface area (Å²) in [5.74, 6) is 0.520. The van der Waals surface area contributed by atoms with Gasteiger partial charge in [0, 0.05) is 0 Å². The number of rotatable bonds is 2. The first-order valence-corrected chi connectivity index (χ1v) is 5.35. The molecule has 0 spiro atoms. The number of aryl methyl sites for hydroxylation is 1. The predicted octanol–water partition coefficient (Wildman–Crippen LogP) is 1.99. The molecule has 1 heterocycles. The SMILES string of the molecule is Cc1cc(F)cc(CC2CCNC2)c1O. The van der Waals surface area contributed by atoms with Gasteiger partial charge in [-0.2, -0.15) is 0 Å². The van der Waals surface area contributed by atoms with E-state index < -0.39 is 0 Å². The van der Waals surface area contributed by atoms with Gasteiger partial charge in [-0.1, -0.05) is 0 Å². The Morgan fingerprint density at radius 2 is 2.33 bits per heavy atom. The van der Waals surface area contributed by atoms with Gasteiger partial charge in [0.2, 0.25) is 0 Å². The van der Waals surface area contributed by atoms with Crippen molar-refractivity contribution in [3.05, 3.63) is 29.1 Å². The Morgan fingerprint density at radius 3 is 3.00 bits per heavy atom. The quantitative estimate of drug-likeness (QED) is 0.780. The Kier molecular flexibility index (Phi) is 2.91. The molecule has 1 saturated heterocycles. The summed E-state index contributed by atoms with van der Waals surface area (Å²) in [4.78, 5) is 0. The third kappa shape index (κ3) is 2.29. The molecule has 1 fully saturated rings. The van der Waals surface area contributed by atoms with Gasteiger partial charge in [-0.05, 0) is 62.0 Å². The lowest BCUT2D eigenvalue weighted by Crippen LogP contribution is -2.11. The van der Waals surface area contributed by atoms with Crippen molar-refractivity contribution < 1.29 is 9.50 Å². The molecule has 1 aromatic rings. The number of hydrogen-bond acceptors (Lipinski definition) is 2. The van der Waals surface area contributed by atoms with E-state index in [0.29, 0.717) is 11.5 Å². The molecule has 1 aliphatic heterocycles. The van der Waals surface area contributed by atoms with Crippen molar-refractivity contribution in [1.29, 1.82) is 0 Å². The molecule has 0 aliphatic carbocycles. The molecule has 0 bridgehead atoms. The first-order valence-electron chi connectivity index (χ1n) is 5.35. The zero-order valence-electron chi connectivity index (χ0n) is 8.89. The second-order valence-corrected chi connectivity index (χ2v) is 4.29. The van der Waals surface area contributed by atoms with E-state index in [0.717, 1.165) is 31.5 Å². The van der Waals surface area contributed by atoms with E-state index in [4.69, 9.17) is 0 Å². The predicted molar refractivity (Wildman–Crippen MR) is 57.5 cm³/mol. The van der Waals surface area contributed by atoms with Gasteiger partial charge in [0.15, 0.2) is 0 Å². The number of hydrogen-bond donors (Lipinski definition) is 2. The van der Waals surface area contributed by atoms with Crippen LogP contribution in [-0.2, 0) is 6.42 Å². The highest BCUT2D eigenvalue weighted by atomic mass is 19.1. The highest BCUT2D eigenvalue weighted by Crippen LogP contribution is 2.27. The van der Waals surface area contributed by atoms with Gasteiger partial charge in [-0.15, -0.1) is 0 Å². The highest BCUT2D eigenvalue weighted by Gasteiger charge is 2.17. The van der Waals surface area contributed by atoms with Crippen LogP contribution in [0.4, 0.5) is 4.39 Å². The number of phenolic OH excluding ortho intramolecular Hbond substituents is 1. The highest BCUT2D eigenvalue weighted by molar-refractivity contribution is 5.40. The van der Waals surface area contributed by atoms with Gasteiger partial charge in [-0.25, -0.2) is 4.39 Å². The first kappa shape index (κ1) is 10.4. The zero-order valence-corrected chi connectivity index (χ0v) is 8.89. The van der Waals surface area contributed by atoms with Gasteiger partial charge in [-0.3, -0.25) is 0 Å². The van der Waals surface area contributed by atoms with Crippen molar-refractivity contribution in [2.24, 2.45) is 5.92 Å². The minimum atomic E-state index is -0.258. The van der Waals surface area contributed by atoms with Crippen molar-refractivity contribution in [3.63, 3.8) is 0 Å². The molecule has 82 valence electrons. The normalized spacial score (nSPS) is 20.8. The standard InChI is InChI=1S/C12H16FNO/c1-8-4-11(13)6-10(12(8)15)5-9-2-3-14-7-9/h4,6,9,14-15H,2-3,5,7H2,1H3. The maximum atomic E-state index is 13.2. The fraction of sp³-hybridized carbons (Fsp3) is 0.500. The van der Waals surface area contributed by atoms with Crippen LogP contribution in [0.15, 0.2) is 12.1 Å². The molecule has 2 nitrogen and oxygen atoms in total. The number of benzene rings is 1. The van der Waals surface area contributed by atoms with E-state index in [1.807, 2.05) is 0 Å². The second kappa shape index (κ2) is 4.19. The number of aromatic hydroxyl groups is 1. The van der Waals surface area contributed by atoms with Crippen LogP contribution < -0.4 is 5.32 Å². The lowest BCUT2D eigenvalue weighted by Gasteiger charge is -2.11. The molecular formula is C12H16FNO. The molecule has 0 saturated carbocycles. The second-order valence-electron chi connectivity index (χ2n) is 4.29. The lowest BCUT2D eigenvalue weighted by molar-refractivity contribution is 0.452. The molecule has 0 aromatic heterocycles. The van der Waals surface area contributed by atoms with Crippen LogP contribution >= 0.6 is 0 Å². The van der Waals surface area contributed by atoms with E-state index >= 15 is 0 Å². The van der Waals surface area contributed by atoms with Crippen molar-refractivity contribution in [2.75, 3.05) is 13.1 Å². The van der Waals surface area contributed by atoms with Crippen LogP contribution in [0.1, 0.15) is 17.5 Å². The summed E-state index contributed by atoms with van der Waals surface area (Å²) in [5, 5.41) is 13.1. The molecule has 2 rings (SSSR count). The van der Waals surface area contributed by atoms with E-state index in [-0.39, 0.29) is 11.6 Å². The summed E-state index contributed by atoms with van der Waals surface area (Å²) in [6.07, 6.45) is 1.87. The number of nitrogens with one attached hydrogen (secondary N) is 1. The third-order valence-corrected chi connectivity index (χ3v) is 3.02. The molecule has 1 atom stereocenters.